The molecule has 2 heterocycles. The molecule has 2 atom stereocenters. The van der Waals surface area contributed by atoms with Gasteiger partial charge >= 0.3 is 0 Å². The van der Waals surface area contributed by atoms with Gasteiger partial charge in [0.15, 0.2) is 11.4 Å². The molecule has 1 N–H and O–H groups in total. The molecule has 3 aromatic rings. The van der Waals surface area contributed by atoms with Crippen LogP contribution in [0.25, 0.3) is 0 Å². The van der Waals surface area contributed by atoms with Crippen LogP contribution in [-0.4, -0.2) is 38.3 Å². The van der Waals surface area contributed by atoms with E-state index in [9.17, 15) is 14.7 Å². The summed E-state index contributed by atoms with van der Waals surface area (Å²) in [6, 6.07) is 15.1. The van der Waals surface area contributed by atoms with Crippen molar-refractivity contribution in [2.24, 2.45) is 0 Å². The molecule has 1 amide bonds. The predicted molar refractivity (Wildman–Crippen MR) is 131 cm³/mol. The zero-order valence-electron chi connectivity index (χ0n) is 19.3. The van der Waals surface area contributed by atoms with Crippen molar-refractivity contribution in [1.82, 2.24) is 14.7 Å². The van der Waals surface area contributed by atoms with Gasteiger partial charge in [-0.25, -0.2) is 0 Å². The first kappa shape index (κ1) is 22.9. The first-order valence-corrected chi connectivity index (χ1v) is 11.1. The second-order valence-electron chi connectivity index (χ2n) is 8.52. The van der Waals surface area contributed by atoms with E-state index in [4.69, 9.17) is 6.42 Å². The Morgan fingerprint density at radius 1 is 1.09 bits per heavy atom. The third-order valence-corrected chi connectivity index (χ3v) is 6.08. The van der Waals surface area contributed by atoms with E-state index < -0.39 is 23.1 Å². The molecule has 0 bridgehead atoms. The highest BCUT2D eigenvalue weighted by Gasteiger charge is 2.40. The fourth-order valence-electron chi connectivity index (χ4n) is 4.51. The summed E-state index contributed by atoms with van der Waals surface area (Å²) in [4.78, 5) is 27.1. The molecule has 4 rings (SSSR count). The molecule has 6 heteroatoms. The molecular weight excluding hydrogens is 426 g/mol. The van der Waals surface area contributed by atoms with Crippen LogP contribution in [0.5, 0.6) is 5.75 Å². The fraction of sp³-hybridized carbons (Fsp3) is 0.250. The largest absolute Gasteiger partial charge is 0.502 e. The molecule has 170 valence electrons. The van der Waals surface area contributed by atoms with Gasteiger partial charge in [-0.15, -0.1) is 12.3 Å². The van der Waals surface area contributed by atoms with Crippen LogP contribution in [0.1, 0.15) is 65.5 Å². The van der Waals surface area contributed by atoms with Crippen molar-refractivity contribution in [2.45, 2.75) is 38.8 Å². The lowest BCUT2D eigenvalue weighted by atomic mass is 9.82. The minimum atomic E-state index is -0.685. The lowest BCUT2D eigenvalue weighted by Crippen LogP contribution is -2.49. The van der Waals surface area contributed by atoms with E-state index >= 15 is 0 Å². The molecule has 1 aliphatic rings. The van der Waals surface area contributed by atoms with Gasteiger partial charge in [0.2, 0.25) is 5.43 Å². The Morgan fingerprint density at radius 3 is 2.35 bits per heavy atom. The van der Waals surface area contributed by atoms with E-state index in [0.29, 0.717) is 6.54 Å². The molecule has 0 saturated heterocycles. The number of amides is 1. The third kappa shape index (κ3) is 4.07. The van der Waals surface area contributed by atoms with Gasteiger partial charge < -0.3 is 10.0 Å². The molecular formula is C28H25N3O3. The zero-order valence-corrected chi connectivity index (χ0v) is 19.3. The van der Waals surface area contributed by atoms with Crippen molar-refractivity contribution >= 4 is 5.91 Å². The molecule has 0 fully saturated rings. The van der Waals surface area contributed by atoms with Crippen LogP contribution < -0.4 is 5.43 Å². The van der Waals surface area contributed by atoms with Gasteiger partial charge in [-0.3, -0.25) is 14.3 Å². The average molecular weight is 452 g/mol. The topological polar surface area (TPSA) is 75.4 Å². The van der Waals surface area contributed by atoms with Crippen LogP contribution in [0, 0.1) is 24.2 Å². The van der Waals surface area contributed by atoms with E-state index in [1.807, 2.05) is 62.4 Å². The Kier molecular flexibility index (Phi) is 6.25. The molecule has 1 aromatic heterocycles. The number of carbonyl (C=O) groups excluding carboxylic acids is 1. The monoisotopic (exact) mass is 451 g/mol. The van der Waals surface area contributed by atoms with Gasteiger partial charge in [0.25, 0.3) is 5.91 Å². The minimum absolute atomic E-state index is 0.0972. The second-order valence-corrected chi connectivity index (χ2v) is 8.52. The molecule has 34 heavy (non-hydrogen) atoms. The number of aromatic hydroxyl groups is 1. The SMILES string of the molecule is C#Cc1cccc(C(c2cccc(C#CC)c2)C2CN(C(C)C)C(=O)c3c(O)c(=O)cnn32)c1. The molecule has 2 unspecified atom stereocenters. The summed E-state index contributed by atoms with van der Waals surface area (Å²) in [6.07, 6.45) is 6.74. The Morgan fingerprint density at radius 2 is 1.74 bits per heavy atom. The lowest BCUT2D eigenvalue weighted by Gasteiger charge is -2.41. The summed E-state index contributed by atoms with van der Waals surface area (Å²) in [5, 5.41) is 14.9. The van der Waals surface area contributed by atoms with Crippen LogP contribution >= 0.6 is 0 Å². The number of fused-ring (bicyclic) bond motifs is 1. The number of nitrogens with zero attached hydrogens (tertiary/aromatic N) is 3. The maximum Gasteiger partial charge on any atom is 0.276 e. The van der Waals surface area contributed by atoms with Gasteiger partial charge in [0.1, 0.15) is 0 Å². The van der Waals surface area contributed by atoms with Crippen molar-refractivity contribution in [3.63, 3.8) is 0 Å². The van der Waals surface area contributed by atoms with Gasteiger partial charge in [-0.05, 0) is 56.2 Å². The fourth-order valence-corrected chi connectivity index (χ4v) is 4.51. The Hall–Kier alpha value is -4.29. The van der Waals surface area contributed by atoms with Crippen molar-refractivity contribution in [2.75, 3.05) is 6.54 Å². The van der Waals surface area contributed by atoms with Crippen molar-refractivity contribution in [1.29, 1.82) is 0 Å². The number of carbonyl (C=O) groups is 1. The Bertz CT molecular complexity index is 1420. The summed E-state index contributed by atoms with van der Waals surface area (Å²) in [5.74, 6) is 7.43. The van der Waals surface area contributed by atoms with Crippen LogP contribution in [-0.2, 0) is 0 Å². The smallest absolute Gasteiger partial charge is 0.276 e. The van der Waals surface area contributed by atoms with Crippen molar-refractivity contribution in [3.05, 3.63) is 92.9 Å². The summed E-state index contributed by atoms with van der Waals surface area (Å²) in [6.45, 7) is 5.93. The number of hydrogen-bond acceptors (Lipinski definition) is 4. The second kappa shape index (κ2) is 9.29. The molecule has 0 saturated carbocycles. The van der Waals surface area contributed by atoms with E-state index in [1.54, 1.807) is 11.8 Å². The lowest BCUT2D eigenvalue weighted by molar-refractivity contribution is 0.0570. The van der Waals surface area contributed by atoms with Crippen LogP contribution in [0.3, 0.4) is 0 Å². The number of hydrogen-bond donors (Lipinski definition) is 1. The van der Waals surface area contributed by atoms with Crippen molar-refractivity contribution < 1.29 is 9.90 Å². The number of rotatable bonds is 4. The minimum Gasteiger partial charge on any atom is -0.502 e. The Labute approximate surface area is 198 Å². The highest BCUT2D eigenvalue weighted by atomic mass is 16.3. The number of benzene rings is 2. The summed E-state index contributed by atoms with van der Waals surface area (Å²) in [5.41, 5.74) is 2.71. The normalized spacial score (nSPS) is 15.8. The first-order chi connectivity index (χ1) is 16.3. The van der Waals surface area contributed by atoms with Gasteiger partial charge in [0.05, 0.1) is 12.2 Å². The van der Waals surface area contributed by atoms with E-state index in [1.165, 1.54) is 4.68 Å². The van der Waals surface area contributed by atoms with Crippen LogP contribution in [0.2, 0.25) is 0 Å². The molecule has 6 nitrogen and oxygen atoms in total. The molecule has 2 aromatic carbocycles. The third-order valence-electron chi connectivity index (χ3n) is 6.08. The maximum absolute atomic E-state index is 13.2. The standard InChI is InChI=1S/C28H25N3O3/c1-5-9-20-11-8-13-22(15-20)25(21-12-7-10-19(6-2)14-21)23-17-30(18(3)4)28(34)26-27(33)24(32)16-29-31(23)26/h2,7-8,10-16,18,23,25,33H,17H2,1,3-4H3. The van der Waals surface area contributed by atoms with Crippen LogP contribution in [0.15, 0.2) is 59.5 Å². The van der Waals surface area contributed by atoms with Crippen LogP contribution in [0.4, 0.5) is 0 Å². The summed E-state index contributed by atoms with van der Waals surface area (Å²) < 4.78 is 1.49. The van der Waals surface area contributed by atoms with Gasteiger partial charge in [-0.2, -0.15) is 5.10 Å². The molecule has 0 spiro atoms. The first-order valence-electron chi connectivity index (χ1n) is 11.1. The van der Waals surface area contributed by atoms with E-state index in [0.717, 1.165) is 28.5 Å². The van der Waals surface area contributed by atoms with Crippen molar-refractivity contribution in [3.8, 4) is 29.9 Å². The highest BCUT2D eigenvalue weighted by Crippen LogP contribution is 2.40. The zero-order chi connectivity index (χ0) is 24.4. The molecule has 0 aliphatic carbocycles. The summed E-state index contributed by atoms with van der Waals surface area (Å²) in [7, 11) is 0. The maximum atomic E-state index is 13.2. The Balaban J connectivity index is 2.00. The summed E-state index contributed by atoms with van der Waals surface area (Å²) >= 11 is 0. The van der Waals surface area contributed by atoms with Gasteiger partial charge in [0, 0.05) is 29.6 Å². The number of aromatic nitrogens is 2. The number of terminal acetylenes is 1. The molecule has 1 aliphatic heterocycles. The predicted octanol–water partition coefficient (Wildman–Crippen LogP) is 3.54. The van der Waals surface area contributed by atoms with Gasteiger partial charge in [-0.1, -0.05) is 36.1 Å². The van der Waals surface area contributed by atoms with E-state index in [2.05, 4.69) is 22.9 Å². The average Bonchev–Trinajstić information content (AvgIpc) is 2.83. The van der Waals surface area contributed by atoms with E-state index in [-0.39, 0.29) is 17.7 Å². The highest BCUT2D eigenvalue weighted by molar-refractivity contribution is 5.96. The quantitative estimate of drug-likeness (QED) is 0.616. The molecule has 0 radical (unpaired) electrons.